The first kappa shape index (κ1) is 34.7. The molecule has 41 heavy (non-hydrogen) atoms. The van der Waals surface area contributed by atoms with Gasteiger partial charge in [0.05, 0.1) is 18.2 Å². The van der Waals surface area contributed by atoms with Crippen molar-refractivity contribution in [3.8, 4) is 0 Å². The van der Waals surface area contributed by atoms with Gasteiger partial charge in [-0.05, 0) is 63.4 Å². The molecule has 0 aromatic heterocycles. The molecule has 1 aromatic rings. The summed E-state index contributed by atoms with van der Waals surface area (Å²) in [7, 11) is 0. The number of nitrogens with one attached hydrogen (secondary N) is 3. The van der Waals surface area contributed by atoms with Crippen LogP contribution in [0.2, 0.25) is 0 Å². The smallest absolute Gasteiger partial charge is 0.407 e. The predicted molar refractivity (Wildman–Crippen MR) is 163 cm³/mol. The van der Waals surface area contributed by atoms with Gasteiger partial charge in [-0.2, -0.15) is 0 Å². The summed E-state index contributed by atoms with van der Waals surface area (Å²) in [4.78, 5) is 39.4. The molecule has 0 spiro atoms. The van der Waals surface area contributed by atoms with Crippen LogP contribution in [-0.4, -0.2) is 46.8 Å². The lowest BCUT2D eigenvalue weighted by Crippen LogP contribution is -2.51. The summed E-state index contributed by atoms with van der Waals surface area (Å²) in [6.45, 7) is 13.8. The minimum Gasteiger partial charge on any atom is -0.444 e. The number of imide groups is 1. The molecule has 0 bridgehead atoms. The first-order valence-electron chi connectivity index (χ1n) is 15.5. The Labute approximate surface area is 247 Å². The maximum atomic E-state index is 13.4. The van der Waals surface area contributed by atoms with Crippen LogP contribution < -0.4 is 16.0 Å². The van der Waals surface area contributed by atoms with Gasteiger partial charge in [0.25, 0.3) is 0 Å². The minimum atomic E-state index is -0.958. The van der Waals surface area contributed by atoms with E-state index >= 15 is 0 Å². The zero-order valence-electron chi connectivity index (χ0n) is 26.4. The second-order valence-corrected chi connectivity index (χ2v) is 13.5. The van der Waals surface area contributed by atoms with Gasteiger partial charge in [-0.1, -0.05) is 90.1 Å². The molecule has 0 aliphatic heterocycles. The van der Waals surface area contributed by atoms with Gasteiger partial charge in [-0.25, -0.2) is 4.79 Å². The number of amides is 3. The molecule has 1 aromatic carbocycles. The molecule has 0 radical (unpaired) electrons. The van der Waals surface area contributed by atoms with E-state index in [-0.39, 0.29) is 24.2 Å². The lowest BCUT2D eigenvalue weighted by Gasteiger charge is -2.33. The Hall–Kier alpha value is -2.45. The van der Waals surface area contributed by atoms with Crippen molar-refractivity contribution in [2.24, 2.45) is 23.7 Å². The number of hydrogen-bond acceptors (Lipinski definition) is 6. The number of rotatable bonds is 14. The van der Waals surface area contributed by atoms with Crippen LogP contribution in [0.15, 0.2) is 30.3 Å². The number of carbonyl (C=O) groups excluding carboxylic acids is 3. The highest BCUT2D eigenvalue weighted by Crippen LogP contribution is 2.30. The fraction of sp³-hybridized carbons (Fsp3) is 0.727. The largest absolute Gasteiger partial charge is 0.444 e. The molecule has 3 amide bonds. The third kappa shape index (κ3) is 13.4. The quantitative estimate of drug-likeness (QED) is 0.226. The van der Waals surface area contributed by atoms with Crippen molar-refractivity contribution in [2.45, 2.75) is 130 Å². The van der Waals surface area contributed by atoms with Crippen LogP contribution >= 0.6 is 0 Å². The van der Waals surface area contributed by atoms with Crippen molar-refractivity contribution >= 4 is 17.9 Å². The number of carbonyl (C=O) groups is 3. The van der Waals surface area contributed by atoms with Crippen molar-refractivity contribution in [1.82, 2.24) is 16.0 Å². The Bertz CT molecular complexity index is 938. The van der Waals surface area contributed by atoms with Crippen LogP contribution in [0, 0.1) is 23.7 Å². The number of alkyl carbamates (subject to hydrolysis) is 1. The Balaban J connectivity index is 2.10. The number of aliphatic hydroxyl groups excluding tert-OH is 1. The van der Waals surface area contributed by atoms with Gasteiger partial charge in [-0.3, -0.25) is 14.9 Å². The fourth-order valence-corrected chi connectivity index (χ4v) is 5.55. The first-order valence-corrected chi connectivity index (χ1v) is 15.5. The summed E-state index contributed by atoms with van der Waals surface area (Å²) < 4.78 is 5.48. The summed E-state index contributed by atoms with van der Waals surface area (Å²) in [5, 5.41) is 20.2. The normalized spacial score (nSPS) is 17.5. The maximum Gasteiger partial charge on any atom is 0.407 e. The van der Waals surface area contributed by atoms with E-state index in [1.54, 1.807) is 20.8 Å². The highest BCUT2D eigenvalue weighted by atomic mass is 16.6. The molecule has 1 aliphatic carbocycles. The van der Waals surface area contributed by atoms with Crippen LogP contribution in [-0.2, 0) is 20.9 Å². The summed E-state index contributed by atoms with van der Waals surface area (Å²) >= 11 is 0. The number of aliphatic hydroxyl groups is 1. The van der Waals surface area contributed by atoms with E-state index in [4.69, 9.17) is 4.74 Å². The minimum absolute atomic E-state index is 0.116. The van der Waals surface area contributed by atoms with E-state index < -0.39 is 41.7 Å². The van der Waals surface area contributed by atoms with Crippen molar-refractivity contribution in [3.05, 3.63) is 35.9 Å². The zero-order valence-corrected chi connectivity index (χ0v) is 26.4. The topological polar surface area (TPSA) is 117 Å². The lowest BCUT2D eigenvalue weighted by atomic mass is 9.81. The van der Waals surface area contributed by atoms with Gasteiger partial charge in [0.1, 0.15) is 5.60 Å². The van der Waals surface area contributed by atoms with Crippen LogP contribution in [0.5, 0.6) is 0 Å². The van der Waals surface area contributed by atoms with Gasteiger partial charge >= 0.3 is 6.09 Å². The second kappa shape index (κ2) is 16.9. The Morgan fingerprint density at radius 1 is 0.951 bits per heavy atom. The standard InChI is InChI=1S/C33H55N3O5/c1-22(2)18-28(34-21-25-16-12-9-13-17-25)31(39)36-30(38)26(23(3)4)20-29(37)27(19-24-14-10-8-11-15-24)35-32(40)41-33(5,6)7/h9,12-13,16-17,22-24,26-29,34,37H,8,10-11,14-15,18-21H2,1-7H3,(H,35,40)(H,36,38,39)/t26-,27-,28-,29-/m0/s1. The lowest BCUT2D eigenvalue weighted by molar-refractivity contribution is -0.135. The van der Waals surface area contributed by atoms with Gasteiger partial charge in [0.2, 0.25) is 11.8 Å². The SMILES string of the molecule is CC(C)C[C@H](NCc1ccccc1)C(=O)NC(=O)[C@@H](C[C@H](O)[C@H](CC1CCCCC1)NC(=O)OC(C)(C)C)C(C)C. The van der Waals surface area contributed by atoms with Gasteiger partial charge in [0, 0.05) is 12.5 Å². The number of ether oxygens (including phenoxy) is 1. The molecule has 0 heterocycles. The molecule has 8 heteroatoms. The third-order valence-electron chi connectivity index (χ3n) is 7.78. The molecule has 4 N–H and O–H groups in total. The maximum absolute atomic E-state index is 13.4. The van der Waals surface area contributed by atoms with Crippen molar-refractivity contribution < 1.29 is 24.2 Å². The molecule has 1 saturated carbocycles. The van der Waals surface area contributed by atoms with E-state index in [1.807, 2.05) is 58.0 Å². The van der Waals surface area contributed by atoms with E-state index in [0.29, 0.717) is 25.3 Å². The molecule has 0 saturated heterocycles. The fourth-order valence-electron chi connectivity index (χ4n) is 5.55. The van der Waals surface area contributed by atoms with E-state index in [1.165, 1.54) is 6.42 Å². The Morgan fingerprint density at radius 3 is 2.15 bits per heavy atom. The molecule has 1 fully saturated rings. The molecule has 0 unspecified atom stereocenters. The van der Waals surface area contributed by atoms with Crippen molar-refractivity contribution in [3.63, 3.8) is 0 Å². The molecule has 232 valence electrons. The average Bonchev–Trinajstić information content (AvgIpc) is 2.88. The summed E-state index contributed by atoms with van der Waals surface area (Å²) in [5.41, 5.74) is 0.400. The first-order chi connectivity index (χ1) is 19.2. The highest BCUT2D eigenvalue weighted by molar-refractivity contribution is 5.98. The van der Waals surface area contributed by atoms with Crippen LogP contribution in [0.3, 0.4) is 0 Å². The molecule has 8 nitrogen and oxygen atoms in total. The summed E-state index contributed by atoms with van der Waals surface area (Å²) in [6.07, 6.45) is 5.46. The second-order valence-electron chi connectivity index (χ2n) is 13.5. The van der Waals surface area contributed by atoms with Crippen LogP contribution in [0.4, 0.5) is 4.79 Å². The van der Waals surface area contributed by atoms with Crippen LogP contribution in [0.25, 0.3) is 0 Å². The van der Waals surface area contributed by atoms with Gasteiger partial charge in [-0.15, -0.1) is 0 Å². The van der Waals surface area contributed by atoms with Crippen molar-refractivity contribution in [1.29, 1.82) is 0 Å². The molecule has 4 atom stereocenters. The predicted octanol–water partition coefficient (Wildman–Crippen LogP) is 5.72. The van der Waals surface area contributed by atoms with E-state index in [9.17, 15) is 19.5 Å². The zero-order chi connectivity index (χ0) is 30.6. The Kier molecular flexibility index (Phi) is 14.3. The molecule has 2 rings (SSSR count). The number of benzene rings is 1. The average molecular weight is 574 g/mol. The summed E-state index contributed by atoms with van der Waals surface area (Å²) in [6, 6.07) is 8.78. The monoisotopic (exact) mass is 573 g/mol. The Morgan fingerprint density at radius 2 is 1.59 bits per heavy atom. The molecular weight excluding hydrogens is 518 g/mol. The third-order valence-corrected chi connectivity index (χ3v) is 7.78. The van der Waals surface area contributed by atoms with Gasteiger partial charge in [0.15, 0.2) is 0 Å². The van der Waals surface area contributed by atoms with Gasteiger partial charge < -0.3 is 20.5 Å². The van der Waals surface area contributed by atoms with E-state index in [0.717, 1.165) is 31.2 Å². The molecule has 1 aliphatic rings. The highest BCUT2D eigenvalue weighted by Gasteiger charge is 2.34. The van der Waals surface area contributed by atoms with E-state index in [2.05, 4.69) is 16.0 Å². The van der Waals surface area contributed by atoms with Crippen molar-refractivity contribution in [2.75, 3.05) is 0 Å². The van der Waals surface area contributed by atoms with Crippen LogP contribution in [0.1, 0.15) is 105 Å². The number of hydrogen-bond donors (Lipinski definition) is 4. The summed E-state index contributed by atoms with van der Waals surface area (Å²) in [5.74, 6) is -0.810. The molecular formula is C33H55N3O5.